The predicted molar refractivity (Wildman–Crippen MR) is 114 cm³/mol. The van der Waals surface area contributed by atoms with Crippen molar-refractivity contribution in [3.63, 3.8) is 0 Å². The molecule has 2 N–H and O–H groups in total. The van der Waals surface area contributed by atoms with Crippen LogP contribution in [-0.2, 0) is 5.41 Å². The van der Waals surface area contributed by atoms with Crippen LogP contribution < -0.4 is 10.6 Å². The second-order valence-electron chi connectivity index (χ2n) is 8.56. The van der Waals surface area contributed by atoms with Gasteiger partial charge in [0.15, 0.2) is 0 Å². The van der Waals surface area contributed by atoms with E-state index in [1.54, 1.807) is 0 Å². The lowest BCUT2D eigenvalue weighted by Gasteiger charge is -2.40. The number of hydrogen-bond donors (Lipinski definition) is 2. The Balaban J connectivity index is 1.49. The van der Waals surface area contributed by atoms with Crippen LogP contribution in [0.1, 0.15) is 60.6 Å². The molecule has 2 aromatic carbocycles. The minimum Gasteiger partial charge on any atom is -0.339 e. The summed E-state index contributed by atoms with van der Waals surface area (Å²) in [6, 6.07) is 18.0. The molecule has 4 rings (SSSR count). The Kier molecular flexibility index (Phi) is 5.31. The molecule has 5 heteroatoms. The number of nitrogens with one attached hydrogen (secondary N) is 2. The molecule has 1 unspecified atom stereocenters. The monoisotopic (exact) mass is 391 g/mol. The van der Waals surface area contributed by atoms with Gasteiger partial charge in [0.05, 0.1) is 6.04 Å². The van der Waals surface area contributed by atoms with E-state index in [2.05, 4.69) is 28.8 Å². The van der Waals surface area contributed by atoms with Gasteiger partial charge in [-0.25, -0.2) is 4.79 Å². The average molecular weight is 392 g/mol. The first kappa shape index (κ1) is 19.5. The minimum atomic E-state index is -0.117. The Hall–Kier alpha value is -2.82. The summed E-state index contributed by atoms with van der Waals surface area (Å²) in [5.41, 5.74) is 3.33. The number of urea groups is 1. The van der Waals surface area contributed by atoms with Crippen LogP contribution in [0.4, 0.5) is 4.79 Å². The van der Waals surface area contributed by atoms with Crippen molar-refractivity contribution in [3.05, 3.63) is 71.3 Å². The lowest BCUT2D eigenvalue weighted by Crippen LogP contribution is -2.45. The van der Waals surface area contributed by atoms with E-state index in [9.17, 15) is 9.59 Å². The smallest absolute Gasteiger partial charge is 0.315 e. The Morgan fingerprint density at radius 1 is 1.00 bits per heavy atom. The molecule has 2 aliphatic rings. The lowest BCUT2D eigenvalue weighted by molar-refractivity contribution is 0.0662. The van der Waals surface area contributed by atoms with Crippen LogP contribution >= 0.6 is 0 Å². The summed E-state index contributed by atoms with van der Waals surface area (Å²) >= 11 is 0. The molecule has 5 nitrogen and oxygen atoms in total. The fourth-order valence-electron chi connectivity index (χ4n) is 4.86. The summed E-state index contributed by atoms with van der Waals surface area (Å²) in [5.74, 6) is 0.109. The molecule has 152 valence electrons. The Morgan fingerprint density at radius 3 is 2.34 bits per heavy atom. The maximum atomic E-state index is 12.8. The molecule has 1 aliphatic carbocycles. The number of hydrogen-bond acceptors (Lipinski definition) is 2. The van der Waals surface area contributed by atoms with Gasteiger partial charge in [0.2, 0.25) is 0 Å². The molecule has 1 aliphatic heterocycles. The van der Waals surface area contributed by atoms with Crippen molar-refractivity contribution < 1.29 is 9.59 Å². The van der Waals surface area contributed by atoms with Crippen molar-refractivity contribution in [2.45, 2.75) is 50.6 Å². The van der Waals surface area contributed by atoms with E-state index in [-0.39, 0.29) is 29.4 Å². The number of amides is 3. The molecule has 1 fully saturated rings. The molecule has 1 saturated heterocycles. The molecule has 2 aromatic rings. The fraction of sp³-hybridized carbons (Fsp3) is 0.417. The van der Waals surface area contributed by atoms with Crippen LogP contribution in [0, 0.1) is 0 Å². The van der Waals surface area contributed by atoms with E-state index < -0.39 is 0 Å². The normalized spacial score (nSPS) is 19.8. The van der Waals surface area contributed by atoms with Crippen molar-refractivity contribution in [2.24, 2.45) is 0 Å². The van der Waals surface area contributed by atoms with Crippen molar-refractivity contribution in [2.75, 3.05) is 13.1 Å². The van der Waals surface area contributed by atoms with Gasteiger partial charge in [-0.2, -0.15) is 0 Å². The van der Waals surface area contributed by atoms with E-state index in [0.29, 0.717) is 0 Å². The summed E-state index contributed by atoms with van der Waals surface area (Å²) < 4.78 is 0. The Labute approximate surface area is 172 Å². The third-order valence-corrected chi connectivity index (χ3v) is 6.26. The van der Waals surface area contributed by atoms with Gasteiger partial charge < -0.3 is 15.5 Å². The van der Waals surface area contributed by atoms with Crippen LogP contribution in [0.3, 0.4) is 0 Å². The molecule has 1 spiro atoms. The van der Waals surface area contributed by atoms with Crippen LogP contribution in [-0.4, -0.2) is 36.0 Å². The maximum Gasteiger partial charge on any atom is 0.315 e. The number of likely N-dealkylation sites (tertiary alicyclic amines) is 1. The molecule has 0 aromatic heterocycles. The predicted octanol–water partition coefficient (Wildman–Crippen LogP) is 4.01. The van der Waals surface area contributed by atoms with Crippen molar-refractivity contribution in [1.29, 1.82) is 0 Å². The molecule has 0 saturated carbocycles. The summed E-state index contributed by atoms with van der Waals surface area (Å²) in [6.07, 6.45) is 2.74. The maximum absolute atomic E-state index is 12.8. The van der Waals surface area contributed by atoms with Gasteiger partial charge in [0.1, 0.15) is 0 Å². The number of carbonyl (C=O) groups excluding carboxylic acids is 2. The zero-order valence-corrected chi connectivity index (χ0v) is 17.2. The van der Waals surface area contributed by atoms with E-state index in [1.807, 2.05) is 55.1 Å². The number of piperidine rings is 1. The van der Waals surface area contributed by atoms with Gasteiger partial charge in [-0.3, -0.25) is 4.79 Å². The molecule has 29 heavy (non-hydrogen) atoms. The zero-order valence-electron chi connectivity index (χ0n) is 17.2. The first-order valence-corrected chi connectivity index (χ1v) is 10.5. The summed E-state index contributed by atoms with van der Waals surface area (Å²) in [4.78, 5) is 27.1. The van der Waals surface area contributed by atoms with Crippen LogP contribution in [0.2, 0.25) is 0 Å². The largest absolute Gasteiger partial charge is 0.339 e. The first-order valence-electron chi connectivity index (χ1n) is 10.5. The highest BCUT2D eigenvalue weighted by molar-refractivity contribution is 5.94. The molecular formula is C24H29N3O2. The van der Waals surface area contributed by atoms with Crippen molar-refractivity contribution in [3.8, 4) is 0 Å². The zero-order chi connectivity index (χ0) is 20.4. The molecular weight excluding hydrogens is 362 g/mol. The number of fused-ring (bicyclic) bond motifs is 2. The number of nitrogens with zero attached hydrogens (tertiary/aromatic N) is 1. The quantitative estimate of drug-likeness (QED) is 0.830. The van der Waals surface area contributed by atoms with Crippen LogP contribution in [0.5, 0.6) is 0 Å². The van der Waals surface area contributed by atoms with Gasteiger partial charge in [-0.15, -0.1) is 0 Å². The average Bonchev–Trinajstić information content (AvgIpc) is 3.01. The standard InChI is InChI=1S/C24H29N3O2/c1-17(2)25-23(29)26-21-16-24(20-11-7-6-10-19(20)21)12-14-27(15-13-24)22(28)18-8-4-3-5-9-18/h3-11,17,21H,12-16H2,1-2H3,(H2,25,26,29). The Bertz CT molecular complexity index is 886. The van der Waals surface area contributed by atoms with E-state index in [4.69, 9.17) is 0 Å². The number of rotatable bonds is 3. The first-order chi connectivity index (χ1) is 14.0. The second kappa shape index (κ2) is 7.90. The Morgan fingerprint density at radius 2 is 1.66 bits per heavy atom. The summed E-state index contributed by atoms with van der Waals surface area (Å²) in [7, 11) is 0. The van der Waals surface area contributed by atoms with Gasteiger partial charge >= 0.3 is 6.03 Å². The second-order valence-corrected chi connectivity index (χ2v) is 8.56. The van der Waals surface area contributed by atoms with E-state index in [1.165, 1.54) is 11.1 Å². The van der Waals surface area contributed by atoms with Gasteiger partial charge in [-0.05, 0) is 56.4 Å². The third-order valence-electron chi connectivity index (χ3n) is 6.26. The highest BCUT2D eigenvalue weighted by Gasteiger charge is 2.46. The third kappa shape index (κ3) is 3.86. The summed E-state index contributed by atoms with van der Waals surface area (Å²) in [6.45, 7) is 5.41. The van der Waals surface area contributed by atoms with Crippen molar-refractivity contribution >= 4 is 11.9 Å². The van der Waals surface area contributed by atoms with E-state index in [0.717, 1.165) is 37.9 Å². The lowest BCUT2D eigenvalue weighted by atomic mass is 9.73. The van der Waals surface area contributed by atoms with Gasteiger partial charge in [0, 0.05) is 30.1 Å². The highest BCUT2D eigenvalue weighted by Crippen LogP contribution is 2.50. The highest BCUT2D eigenvalue weighted by atomic mass is 16.2. The van der Waals surface area contributed by atoms with Gasteiger partial charge in [0.25, 0.3) is 5.91 Å². The number of benzene rings is 2. The van der Waals surface area contributed by atoms with Crippen molar-refractivity contribution in [1.82, 2.24) is 15.5 Å². The van der Waals surface area contributed by atoms with Crippen LogP contribution in [0.15, 0.2) is 54.6 Å². The minimum absolute atomic E-state index is 0.0151. The number of carbonyl (C=O) groups is 2. The molecule has 3 amide bonds. The topological polar surface area (TPSA) is 61.4 Å². The molecule has 1 heterocycles. The fourth-order valence-corrected chi connectivity index (χ4v) is 4.86. The van der Waals surface area contributed by atoms with E-state index >= 15 is 0 Å². The van der Waals surface area contributed by atoms with Gasteiger partial charge in [-0.1, -0.05) is 42.5 Å². The SMILES string of the molecule is CC(C)NC(=O)NC1CC2(CCN(C(=O)c3ccccc3)CC2)c2ccccc21. The summed E-state index contributed by atoms with van der Waals surface area (Å²) in [5, 5.41) is 6.10. The molecule has 0 bridgehead atoms. The molecule has 1 atom stereocenters. The molecule has 0 radical (unpaired) electrons. The van der Waals surface area contributed by atoms with Crippen LogP contribution in [0.25, 0.3) is 0 Å².